The summed E-state index contributed by atoms with van der Waals surface area (Å²) in [5.74, 6) is 1.36. The number of rotatable bonds is 2. The Balaban J connectivity index is 2.49. The normalized spacial score (nSPS) is 10.1. The first-order chi connectivity index (χ1) is 7.69. The van der Waals surface area contributed by atoms with E-state index in [-0.39, 0.29) is 11.9 Å². The number of nitrogens with two attached hydrogens (primary N) is 2. The van der Waals surface area contributed by atoms with Crippen molar-refractivity contribution in [2.24, 2.45) is 0 Å². The smallest absolute Gasteiger partial charge is 0.225 e. The van der Waals surface area contributed by atoms with Crippen LogP contribution in [0.15, 0.2) is 24.3 Å². The van der Waals surface area contributed by atoms with E-state index in [0.717, 1.165) is 11.3 Å². The molecule has 0 spiro atoms. The zero-order valence-corrected chi connectivity index (χ0v) is 8.71. The van der Waals surface area contributed by atoms with Gasteiger partial charge in [-0.15, -0.1) is 0 Å². The van der Waals surface area contributed by atoms with Gasteiger partial charge >= 0.3 is 0 Å². The maximum absolute atomic E-state index is 5.49. The molecule has 0 unspecified atom stereocenters. The van der Waals surface area contributed by atoms with E-state index < -0.39 is 0 Å². The van der Waals surface area contributed by atoms with Crippen LogP contribution in [0.4, 0.5) is 11.9 Å². The SMILES string of the molecule is COc1cccc(-c2nc(N)nc(N)n2)c1. The van der Waals surface area contributed by atoms with Crippen LogP contribution in [0.3, 0.4) is 0 Å². The molecule has 0 aliphatic carbocycles. The van der Waals surface area contributed by atoms with E-state index in [0.29, 0.717) is 5.82 Å². The largest absolute Gasteiger partial charge is 0.497 e. The fraction of sp³-hybridized carbons (Fsp3) is 0.100. The number of benzene rings is 1. The number of nitrogen functional groups attached to an aromatic ring is 2. The zero-order chi connectivity index (χ0) is 11.5. The van der Waals surface area contributed by atoms with Gasteiger partial charge in [-0.3, -0.25) is 0 Å². The molecule has 2 aromatic rings. The first-order valence-electron chi connectivity index (χ1n) is 4.60. The van der Waals surface area contributed by atoms with Crippen molar-refractivity contribution in [3.8, 4) is 17.1 Å². The highest BCUT2D eigenvalue weighted by molar-refractivity contribution is 5.59. The van der Waals surface area contributed by atoms with Crippen LogP contribution in [0.1, 0.15) is 0 Å². The van der Waals surface area contributed by atoms with Gasteiger partial charge in [-0.2, -0.15) is 15.0 Å². The van der Waals surface area contributed by atoms with Crippen LogP contribution in [-0.4, -0.2) is 22.1 Å². The van der Waals surface area contributed by atoms with E-state index in [9.17, 15) is 0 Å². The second kappa shape index (κ2) is 4.01. The molecular weight excluding hydrogens is 206 g/mol. The second-order valence-corrected chi connectivity index (χ2v) is 3.11. The van der Waals surface area contributed by atoms with Crippen molar-refractivity contribution in [1.82, 2.24) is 15.0 Å². The topological polar surface area (TPSA) is 99.9 Å². The number of methoxy groups -OCH3 is 1. The van der Waals surface area contributed by atoms with Crippen LogP contribution < -0.4 is 16.2 Å². The van der Waals surface area contributed by atoms with Crippen LogP contribution in [0.5, 0.6) is 5.75 Å². The molecule has 6 heteroatoms. The van der Waals surface area contributed by atoms with Crippen molar-refractivity contribution >= 4 is 11.9 Å². The molecule has 0 amide bonds. The van der Waals surface area contributed by atoms with Gasteiger partial charge in [-0.05, 0) is 12.1 Å². The molecule has 0 aliphatic rings. The van der Waals surface area contributed by atoms with Crippen LogP contribution in [0.2, 0.25) is 0 Å². The average molecular weight is 217 g/mol. The van der Waals surface area contributed by atoms with Crippen LogP contribution in [0, 0.1) is 0 Å². The maximum atomic E-state index is 5.49. The Morgan fingerprint density at radius 2 is 1.75 bits per heavy atom. The molecule has 6 nitrogen and oxygen atoms in total. The molecule has 16 heavy (non-hydrogen) atoms. The summed E-state index contributed by atoms with van der Waals surface area (Å²) in [6.45, 7) is 0. The molecule has 0 saturated heterocycles. The summed E-state index contributed by atoms with van der Waals surface area (Å²) in [5, 5.41) is 0. The molecule has 0 saturated carbocycles. The number of anilines is 2. The third-order valence-corrected chi connectivity index (χ3v) is 2.00. The van der Waals surface area contributed by atoms with Gasteiger partial charge in [0.1, 0.15) is 5.75 Å². The molecule has 0 radical (unpaired) electrons. The van der Waals surface area contributed by atoms with Crippen molar-refractivity contribution in [1.29, 1.82) is 0 Å². The molecule has 0 atom stereocenters. The second-order valence-electron chi connectivity index (χ2n) is 3.11. The summed E-state index contributed by atoms with van der Waals surface area (Å²) in [6, 6.07) is 7.31. The quantitative estimate of drug-likeness (QED) is 0.768. The minimum Gasteiger partial charge on any atom is -0.497 e. The van der Waals surface area contributed by atoms with Crippen LogP contribution >= 0.6 is 0 Å². The van der Waals surface area contributed by atoms with Crippen LogP contribution in [0.25, 0.3) is 11.4 Å². The highest BCUT2D eigenvalue weighted by Gasteiger charge is 2.05. The highest BCUT2D eigenvalue weighted by Crippen LogP contribution is 2.21. The lowest BCUT2D eigenvalue weighted by atomic mass is 10.2. The number of aromatic nitrogens is 3. The Morgan fingerprint density at radius 1 is 1.06 bits per heavy atom. The van der Waals surface area contributed by atoms with Gasteiger partial charge in [0.25, 0.3) is 0 Å². The molecular formula is C10H11N5O. The van der Waals surface area contributed by atoms with Crippen molar-refractivity contribution < 1.29 is 4.74 Å². The summed E-state index contributed by atoms with van der Waals surface area (Å²) < 4.78 is 5.10. The fourth-order valence-electron chi connectivity index (χ4n) is 1.30. The van der Waals surface area contributed by atoms with E-state index in [1.807, 2.05) is 18.2 Å². The van der Waals surface area contributed by atoms with Crippen molar-refractivity contribution in [2.75, 3.05) is 18.6 Å². The Labute approximate surface area is 92.3 Å². The van der Waals surface area contributed by atoms with Crippen molar-refractivity contribution in [3.05, 3.63) is 24.3 Å². The maximum Gasteiger partial charge on any atom is 0.225 e. The van der Waals surface area contributed by atoms with Gasteiger partial charge in [0.15, 0.2) is 5.82 Å². The van der Waals surface area contributed by atoms with E-state index in [2.05, 4.69) is 15.0 Å². The standard InChI is InChI=1S/C10H11N5O/c1-16-7-4-2-3-6(5-7)8-13-9(11)15-10(12)14-8/h2-5H,1H3,(H4,11,12,13,14,15). The Kier molecular flexibility index (Phi) is 2.55. The molecule has 0 aliphatic heterocycles. The Bertz CT molecular complexity index is 494. The first kappa shape index (κ1) is 10.2. The van der Waals surface area contributed by atoms with Crippen molar-refractivity contribution in [2.45, 2.75) is 0 Å². The zero-order valence-electron chi connectivity index (χ0n) is 8.71. The first-order valence-corrected chi connectivity index (χ1v) is 4.60. The predicted octanol–water partition coefficient (Wildman–Crippen LogP) is 0.712. The highest BCUT2D eigenvalue weighted by atomic mass is 16.5. The fourth-order valence-corrected chi connectivity index (χ4v) is 1.30. The van der Waals surface area contributed by atoms with Crippen LogP contribution in [-0.2, 0) is 0 Å². The lowest BCUT2D eigenvalue weighted by Crippen LogP contribution is -2.04. The van der Waals surface area contributed by atoms with Gasteiger partial charge in [0.2, 0.25) is 11.9 Å². The lowest BCUT2D eigenvalue weighted by molar-refractivity contribution is 0.415. The Hall–Kier alpha value is -2.37. The van der Waals surface area contributed by atoms with Crippen molar-refractivity contribution in [3.63, 3.8) is 0 Å². The van der Waals surface area contributed by atoms with Gasteiger partial charge in [0, 0.05) is 5.56 Å². The van der Waals surface area contributed by atoms with Gasteiger partial charge in [0.05, 0.1) is 7.11 Å². The summed E-state index contributed by atoms with van der Waals surface area (Å²) in [4.78, 5) is 11.7. The number of nitrogens with zero attached hydrogens (tertiary/aromatic N) is 3. The molecule has 4 N–H and O–H groups in total. The number of ether oxygens (including phenoxy) is 1. The molecule has 0 fully saturated rings. The van der Waals surface area contributed by atoms with E-state index in [4.69, 9.17) is 16.2 Å². The monoisotopic (exact) mass is 217 g/mol. The summed E-state index contributed by atoms with van der Waals surface area (Å²) >= 11 is 0. The molecule has 1 aromatic heterocycles. The minimum absolute atomic E-state index is 0.102. The number of hydrogen-bond donors (Lipinski definition) is 2. The summed E-state index contributed by atoms with van der Waals surface area (Å²) in [7, 11) is 1.59. The molecule has 0 bridgehead atoms. The summed E-state index contributed by atoms with van der Waals surface area (Å²) in [5.41, 5.74) is 11.8. The molecule has 82 valence electrons. The summed E-state index contributed by atoms with van der Waals surface area (Å²) in [6.07, 6.45) is 0. The lowest BCUT2D eigenvalue weighted by Gasteiger charge is -2.04. The third-order valence-electron chi connectivity index (χ3n) is 2.00. The van der Waals surface area contributed by atoms with Gasteiger partial charge in [-0.1, -0.05) is 12.1 Å². The van der Waals surface area contributed by atoms with Gasteiger partial charge in [-0.25, -0.2) is 0 Å². The molecule has 1 heterocycles. The van der Waals surface area contributed by atoms with E-state index in [1.54, 1.807) is 13.2 Å². The minimum atomic E-state index is 0.102. The predicted molar refractivity (Wildman–Crippen MR) is 60.6 cm³/mol. The average Bonchev–Trinajstić information content (AvgIpc) is 2.28. The molecule has 2 rings (SSSR count). The number of hydrogen-bond acceptors (Lipinski definition) is 6. The van der Waals surface area contributed by atoms with E-state index in [1.165, 1.54) is 0 Å². The van der Waals surface area contributed by atoms with E-state index >= 15 is 0 Å². The van der Waals surface area contributed by atoms with Gasteiger partial charge < -0.3 is 16.2 Å². The third kappa shape index (κ3) is 2.00. The molecule has 1 aromatic carbocycles. The Morgan fingerprint density at radius 3 is 2.38 bits per heavy atom.